The zero-order valence-electron chi connectivity index (χ0n) is 18.0. The summed E-state index contributed by atoms with van der Waals surface area (Å²) in [7, 11) is -1.73. The van der Waals surface area contributed by atoms with Crippen LogP contribution in [0.25, 0.3) is 0 Å². The van der Waals surface area contributed by atoms with Gasteiger partial charge in [-0.2, -0.15) is 0 Å². The molecular formula is C22H27N3O6S. The second kappa shape index (κ2) is 8.59. The number of nitrogens with zero attached hydrogens (tertiary/aromatic N) is 3. The largest absolute Gasteiger partial charge is 0.497 e. The van der Waals surface area contributed by atoms with Gasteiger partial charge in [0.1, 0.15) is 11.4 Å². The molecular weight excluding hydrogens is 434 g/mol. The number of fused-ring (bicyclic) bond motifs is 1. The third-order valence-corrected chi connectivity index (χ3v) is 7.76. The number of ether oxygens (including phenoxy) is 1. The van der Waals surface area contributed by atoms with Gasteiger partial charge in [-0.15, -0.1) is 0 Å². The minimum Gasteiger partial charge on any atom is -0.497 e. The molecule has 3 heterocycles. The van der Waals surface area contributed by atoms with Gasteiger partial charge in [-0.3, -0.25) is 4.79 Å². The molecule has 0 radical (unpaired) electrons. The number of carbonyl (C=O) groups excluding carboxylic acids is 1. The number of sulfonamides is 1. The van der Waals surface area contributed by atoms with Gasteiger partial charge in [0.25, 0.3) is 5.91 Å². The van der Waals surface area contributed by atoms with Crippen molar-refractivity contribution in [3.63, 3.8) is 0 Å². The van der Waals surface area contributed by atoms with Crippen molar-refractivity contribution in [2.24, 2.45) is 5.92 Å². The predicted molar refractivity (Wildman–Crippen MR) is 117 cm³/mol. The Labute approximate surface area is 187 Å². The first-order valence-corrected chi connectivity index (χ1v) is 12.3. The van der Waals surface area contributed by atoms with Gasteiger partial charge in [-0.25, -0.2) is 17.5 Å². The van der Waals surface area contributed by atoms with E-state index in [0.717, 1.165) is 5.56 Å². The zero-order valence-corrected chi connectivity index (χ0v) is 18.9. The molecule has 0 unspecified atom stereocenters. The summed E-state index contributed by atoms with van der Waals surface area (Å²) in [6.07, 6.45) is 3.80. The van der Waals surface area contributed by atoms with Gasteiger partial charge in [0.15, 0.2) is 6.04 Å². The lowest BCUT2D eigenvalue weighted by Crippen LogP contribution is -2.57. The quantitative estimate of drug-likeness (QED) is 0.703. The van der Waals surface area contributed by atoms with Crippen molar-refractivity contribution in [3.8, 4) is 5.75 Å². The van der Waals surface area contributed by atoms with Crippen molar-refractivity contribution < 1.29 is 27.9 Å². The Morgan fingerprint density at radius 2 is 1.81 bits per heavy atom. The Hall–Kier alpha value is -2.85. The van der Waals surface area contributed by atoms with Crippen LogP contribution in [-0.4, -0.2) is 71.7 Å². The van der Waals surface area contributed by atoms with E-state index in [0.29, 0.717) is 37.4 Å². The predicted octanol–water partition coefficient (Wildman–Crippen LogP) is 1.82. The van der Waals surface area contributed by atoms with Crippen LogP contribution in [0.1, 0.15) is 34.9 Å². The molecule has 1 amide bonds. The second-order valence-corrected chi connectivity index (χ2v) is 10.3. The molecule has 1 saturated heterocycles. The number of carbonyl (C=O) groups is 2. The monoisotopic (exact) mass is 461 g/mol. The van der Waals surface area contributed by atoms with Crippen LogP contribution >= 0.6 is 0 Å². The molecule has 2 atom stereocenters. The summed E-state index contributed by atoms with van der Waals surface area (Å²) in [6, 6.07) is 9.12. The summed E-state index contributed by atoms with van der Waals surface area (Å²) in [5.74, 6) is -0.684. The summed E-state index contributed by atoms with van der Waals surface area (Å²) >= 11 is 0. The Morgan fingerprint density at radius 1 is 1.16 bits per heavy atom. The molecule has 1 aromatic heterocycles. The first-order valence-electron chi connectivity index (χ1n) is 10.5. The highest BCUT2D eigenvalue weighted by Gasteiger charge is 2.47. The van der Waals surface area contributed by atoms with Crippen LogP contribution in [-0.2, 0) is 21.4 Å². The fraction of sp³-hybridized carbons (Fsp3) is 0.455. The first kappa shape index (κ1) is 22.3. The molecule has 1 fully saturated rings. The minimum absolute atomic E-state index is 0.146. The zero-order chi connectivity index (χ0) is 23.0. The molecule has 9 nitrogen and oxygen atoms in total. The molecule has 0 spiro atoms. The van der Waals surface area contributed by atoms with Gasteiger partial charge in [0.05, 0.1) is 19.4 Å². The molecule has 4 rings (SSSR count). The number of hydrogen-bond donors (Lipinski definition) is 1. The Morgan fingerprint density at radius 3 is 2.38 bits per heavy atom. The van der Waals surface area contributed by atoms with Crippen LogP contribution in [0.3, 0.4) is 0 Å². The van der Waals surface area contributed by atoms with Crippen molar-refractivity contribution in [2.45, 2.75) is 31.5 Å². The van der Waals surface area contributed by atoms with Crippen molar-refractivity contribution in [1.29, 1.82) is 0 Å². The number of methoxy groups -OCH3 is 1. The molecule has 0 bridgehead atoms. The highest BCUT2D eigenvalue weighted by molar-refractivity contribution is 7.88. The van der Waals surface area contributed by atoms with Gasteiger partial charge in [0.2, 0.25) is 10.0 Å². The van der Waals surface area contributed by atoms with E-state index in [1.807, 2.05) is 12.1 Å². The number of carboxylic acids is 1. The van der Waals surface area contributed by atoms with E-state index in [1.165, 1.54) is 10.6 Å². The third-order valence-electron chi connectivity index (χ3n) is 6.46. The van der Waals surface area contributed by atoms with E-state index in [4.69, 9.17) is 4.74 Å². The standard InChI is InChI=1S/C22H27N3O6S/c1-31-17-7-5-15(6-8-17)14-25-19(16-9-12-23(13-10-16)32(2,29)30)20(22(27)28)24-11-3-4-18(24)21(25)26/h3-8,11,16,19-20H,9-10,12-14H2,1-2H3,(H,27,28)/t19-,20+/m1/s1. The van der Waals surface area contributed by atoms with Crippen LogP contribution in [0.4, 0.5) is 0 Å². The van der Waals surface area contributed by atoms with Crippen LogP contribution in [0.2, 0.25) is 0 Å². The molecule has 32 heavy (non-hydrogen) atoms. The lowest BCUT2D eigenvalue weighted by molar-refractivity contribution is -0.144. The topological polar surface area (TPSA) is 109 Å². The highest BCUT2D eigenvalue weighted by atomic mass is 32.2. The molecule has 0 aliphatic carbocycles. The number of rotatable bonds is 6. The normalized spacial score (nSPS) is 22.6. The third kappa shape index (κ3) is 4.12. The van der Waals surface area contributed by atoms with E-state index in [-0.39, 0.29) is 18.4 Å². The molecule has 2 aromatic rings. The van der Waals surface area contributed by atoms with Crippen molar-refractivity contribution >= 4 is 21.9 Å². The summed E-state index contributed by atoms with van der Waals surface area (Å²) in [5, 5.41) is 10.1. The summed E-state index contributed by atoms with van der Waals surface area (Å²) in [6.45, 7) is 0.889. The summed E-state index contributed by atoms with van der Waals surface area (Å²) in [5.41, 5.74) is 1.21. The summed E-state index contributed by atoms with van der Waals surface area (Å²) < 4.78 is 32.0. The number of benzene rings is 1. The molecule has 1 N–H and O–H groups in total. The Balaban J connectivity index is 1.69. The van der Waals surface area contributed by atoms with Gasteiger partial charge < -0.3 is 19.3 Å². The average Bonchev–Trinajstić information content (AvgIpc) is 3.25. The van der Waals surface area contributed by atoms with E-state index in [1.54, 1.807) is 47.0 Å². The average molecular weight is 462 g/mol. The number of aromatic nitrogens is 1. The van der Waals surface area contributed by atoms with Crippen LogP contribution in [0.5, 0.6) is 5.75 Å². The number of piperidine rings is 1. The molecule has 2 aliphatic heterocycles. The lowest BCUT2D eigenvalue weighted by Gasteiger charge is -2.46. The molecule has 2 aliphatic rings. The maximum absolute atomic E-state index is 13.4. The van der Waals surface area contributed by atoms with Crippen molar-refractivity contribution in [1.82, 2.24) is 13.8 Å². The van der Waals surface area contributed by atoms with Crippen molar-refractivity contribution in [3.05, 3.63) is 53.9 Å². The van der Waals surface area contributed by atoms with Crippen LogP contribution < -0.4 is 4.74 Å². The lowest BCUT2D eigenvalue weighted by atomic mass is 9.83. The molecule has 172 valence electrons. The fourth-order valence-corrected chi connectivity index (χ4v) is 5.74. The maximum atomic E-state index is 13.4. The minimum atomic E-state index is -3.31. The number of amides is 1. The van der Waals surface area contributed by atoms with E-state index in [9.17, 15) is 23.1 Å². The Bertz CT molecular complexity index is 1100. The van der Waals surface area contributed by atoms with Gasteiger partial charge in [0, 0.05) is 25.8 Å². The van der Waals surface area contributed by atoms with Gasteiger partial charge >= 0.3 is 5.97 Å². The SMILES string of the molecule is COc1ccc(CN2C(=O)c3cccn3[C@H](C(=O)O)[C@H]2C2CCN(S(C)(=O)=O)CC2)cc1. The van der Waals surface area contributed by atoms with Crippen LogP contribution in [0, 0.1) is 5.92 Å². The summed E-state index contributed by atoms with van der Waals surface area (Å²) in [4.78, 5) is 27.5. The first-order chi connectivity index (χ1) is 15.2. The van der Waals surface area contributed by atoms with E-state index in [2.05, 4.69) is 0 Å². The fourth-order valence-electron chi connectivity index (χ4n) is 4.87. The number of aliphatic carboxylic acids is 1. The molecule has 10 heteroatoms. The number of carboxylic acid groups (broad SMARTS) is 1. The van der Waals surface area contributed by atoms with Crippen LogP contribution in [0.15, 0.2) is 42.6 Å². The van der Waals surface area contributed by atoms with Crippen molar-refractivity contribution in [2.75, 3.05) is 26.5 Å². The Kier molecular flexibility index (Phi) is 6.00. The van der Waals surface area contributed by atoms with Gasteiger partial charge in [-0.1, -0.05) is 12.1 Å². The number of hydrogen-bond acceptors (Lipinski definition) is 5. The van der Waals surface area contributed by atoms with E-state index >= 15 is 0 Å². The highest BCUT2D eigenvalue weighted by Crippen LogP contribution is 2.38. The molecule has 1 aromatic carbocycles. The smallest absolute Gasteiger partial charge is 0.328 e. The second-order valence-electron chi connectivity index (χ2n) is 8.35. The maximum Gasteiger partial charge on any atom is 0.328 e. The van der Waals surface area contributed by atoms with E-state index < -0.39 is 28.1 Å². The molecule has 0 saturated carbocycles. The van der Waals surface area contributed by atoms with Gasteiger partial charge in [-0.05, 0) is 48.6 Å².